The fourth-order valence-electron chi connectivity index (χ4n) is 0.749. The highest BCUT2D eigenvalue weighted by Gasteiger charge is 2.27. The molecule has 0 heterocycles. The van der Waals surface area contributed by atoms with Crippen molar-refractivity contribution in [1.82, 2.24) is 0 Å². The van der Waals surface area contributed by atoms with Gasteiger partial charge >= 0.3 is 0 Å². The molecule has 1 atom stereocenters. The summed E-state index contributed by atoms with van der Waals surface area (Å²) in [5.41, 5.74) is 0.591. The monoisotopic (exact) mass is 170 g/mol. The predicted octanol–water partition coefficient (Wildman–Crippen LogP) is 1.93. The molecule has 0 saturated carbocycles. The zero-order chi connectivity index (χ0) is 9.78. The molecule has 70 valence electrons. The third-order valence-corrected chi connectivity index (χ3v) is 2.16. The Morgan fingerprint density at radius 2 is 1.92 bits per heavy atom. The second-order valence-electron chi connectivity index (χ2n) is 3.76. The van der Waals surface area contributed by atoms with E-state index in [1.807, 2.05) is 19.9 Å². The molecular formula is C10H18O2. The van der Waals surface area contributed by atoms with Crippen molar-refractivity contribution in [2.24, 2.45) is 5.41 Å². The molecule has 1 N–H and O–H groups in total. The molecule has 0 spiro atoms. The number of aliphatic hydroxyl groups excluding tert-OH is 1. The maximum atomic E-state index is 11.1. The first-order valence-corrected chi connectivity index (χ1v) is 4.17. The van der Waals surface area contributed by atoms with Crippen LogP contribution in [0.25, 0.3) is 0 Å². The van der Waals surface area contributed by atoms with Crippen LogP contribution in [-0.4, -0.2) is 17.5 Å². The van der Waals surface area contributed by atoms with Crippen LogP contribution in [0.5, 0.6) is 0 Å². The van der Waals surface area contributed by atoms with E-state index in [1.165, 1.54) is 12.5 Å². The third kappa shape index (κ3) is 3.18. The number of carbonyl (C=O) groups excluding carboxylic acids is 1. The molecule has 0 fully saturated rings. The summed E-state index contributed by atoms with van der Waals surface area (Å²) in [6, 6.07) is 0. The van der Waals surface area contributed by atoms with E-state index in [0.717, 1.165) is 0 Å². The Balaban J connectivity index is 4.35. The minimum atomic E-state index is -0.586. The van der Waals surface area contributed by atoms with Crippen LogP contribution < -0.4 is 0 Å². The zero-order valence-electron chi connectivity index (χ0n) is 8.35. The lowest BCUT2D eigenvalue weighted by Crippen LogP contribution is -2.29. The Hall–Kier alpha value is -0.630. The first-order valence-electron chi connectivity index (χ1n) is 4.17. The van der Waals surface area contributed by atoms with Gasteiger partial charge in [-0.25, -0.2) is 0 Å². The van der Waals surface area contributed by atoms with Gasteiger partial charge in [-0.05, 0) is 27.2 Å². The van der Waals surface area contributed by atoms with Crippen LogP contribution in [0.4, 0.5) is 0 Å². The third-order valence-electron chi connectivity index (χ3n) is 2.16. The summed E-state index contributed by atoms with van der Waals surface area (Å²) in [6.07, 6.45) is 2.61. The number of ketones is 1. The Morgan fingerprint density at radius 3 is 2.17 bits per heavy atom. The van der Waals surface area contributed by atoms with Crippen LogP contribution >= 0.6 is 0 Å². The molecule has 2 heteroatoms. The van der Waals surface area contributed by atoms with Crippen LogP contribution in [0.2, 0.25) is 0 Å². The van der Waals surface area contributed by atoms with Crippen molar-refractivity contribution in [3.05, 3.63) is 11.6 Å². The first-order chi connectivity index (χ1) is 5.42. The van der Waals surface area contributed by atoms with Gasteiger partial charge in [0.05, 0.1) is 12.0 Å². The van der Waals surface area contributed by atoms with Crippen molar-refractivity contribution in [1.29, 1.82) is 0 Å². The van der Waals surface area contributed by atoms with Gasteiger partial charge < -0.3 is 5.11 Å². The molecule has 12 heavy (non-hydrogen) atoms. The van der Waals surface area contributed by atoms with Gasteiger partial charge in [-0.3, -0.25) is 4.79 Å². The van der Waals surface area contributed by atoms with Crippen molar-refractivity contribution in [2.45, 2.75) is 34.1 Å². The fourth-order valence-corrected chi connectivity index (χ4v) is 0.749. The van der Waals surface area contributed by atoms with E-state index in [4.69, 9.17) is 5.11 Å². The molecule has 2 nitrogen and oxygen atoms in total. The highest BCUT2D eigenvalue weighted by molar-refractivity contribution is 5.82. The second-order valence-corrected chi connectivity index (χ2v) is 3.76. The summed E-state index contributed by atoms with van der Waals surface area (Å²) < 4.78 is 0. The molecular weight excluding hydrogens is 152 g/mol. The average Bonchev–Trinajstić information content (AvgIpc) is 1.99. The first kappa shape index (κ1) is 11.4. The second kappa shape index (κ2) is 4.41. The van der Waals surface area contributed by atoms with E-state index in [1.54, 1.807) is 6.92 Å². The maximum absolute atomic E-state index is 11.1. The number of hydrogen-bond acceptors (Lipinski definition) is 2. The van der Waals surface area contributed by atoms with E-state index in [0.29, 0.717) is 6.42 Å². The molecule has 0 aliphatic carbocycles. The zero-order valence-corrected chi connectivity index (χ0v) is 8.35. The van der Waals surface area contributed by atoms with Crippen LogP contribution in [0.15, 0.2) is 11.6 Å². The minimum absolute atomic E-state index is 0.0440. The van der Waals surface area contributed by atoms with Crippen LogP contribution in [0.1, 0.15) is 34.1 Å². The summed E-state index contributed by atoms with van der Waals surface area (Å²) >= 11 is 0. The Labute approximate surface area is 74.3 Å². The molecule has 0 saturated heterocycles. The van der Waals surface area contributed by atoms with E-state index < -0.39 is 5.41 Å². The predicted molar refractivity (Wildman–Crippen MR) is 49.9 cm³/mol. The molecule has 1 unspecified atom stereocenters. The van der Waals surface area contributed by atoms with Gasteiger partial charge in [0.2, 0.25) is 0 Å². The summed E-state index contributed by atoms with van der Waals surface area (Å²) in [6.45, 7) is 7.20. The van der Waals surface area contributed by atoms with Gasteiger partial charge in [-0.15, -0.1) is 0 Å². The highest BCUT2D eigenvalue weighted by Crippen LogP contribution is 2.22. The summed E-state index contributed by atoms with van der Waals surface area (Å²) in [5.74, 6) is 0.0440. The quantitative estimate of drug-likeness (QED) is 0.654. The number of Topliss-reactive ketones (excluding diaryl/α,β-unsaturated/α-hetero) is 1. The normalized spacial score (nSPS) is 15.1. The molecule has 0 aliphatic rings. The minimum Gasteiger partial charge on any atom is -0.395 e. The lowest BCUT2D eigenvalue weighted by molar-refractivity contribution is -0.127. The van der Waals surface area contributed by atoms with Gasteiger partial charge in [0, 0.05) is 0 Å². The maximum Gasteiger partial charge on any atom is 0.138 e. The number of carbonyl (C=O) groups is 1. The van der Waals surface area contributed by atoms with Gasteiger partial charge in [0.25, 0.3) is 0 Å². The van der Waals surface area contributed by atoms with Crippen molar-refractivity contribution in [3.8, 4) is 0 Å². The van der Waals surface area contributed by atoms with Gasteiger partial charge in [-0.2, -0.15) is 0 Å². The molecule has 0 aromatic heterocycles. The van der Waals surface area contributed by atoms with Crippen molar-refractivity contribution >= 4 is 5.78 Å². The van der Waals surface area contributed by atoms with Crippen LogP contribution in [0, 0.1) is 5.41 Å². The standard InChI is InChI=1S/C10H18O2/c1-8(2)5-6-10(4,7-11)9(3)12/h5,11H,6-7H2,1-4H3. The summed E-state index contributed by atoms with van der Waals surface area (Å²) in [5, 5.41) is 9.02. The number of aliphatic hydroxyl groups is 1. The van der Waals surface area contributed by atoms with Crippen molar-refractivity contribution < 1.29 is 9.90 Å². The van der Waals surface area contributed by atoms with E-state index >= 15 is 0 Å². The topological polar surface area (TPSA) is 37.3 Å². The smallest absolute Gasteiger partial charge is 0.138 e. The number of allylic oxidation sites excluding steroid dienone is 2. The molecule has 0 radical (unpaired) electrons. The summed E-state index contributed by atoms with van der Waals surface area (Å²) in [7, 11) is 0. The Bertz CT molecular complexity index is 190. The lowest BCUT2D eigenvalue weighted by atomic mass is 9.83. The Morgan fingerprint density at radius 1 is 1.42 bits per heavy atom. The van der Waals surface area contributed by atoms with Gasteiger partial charge in [0.15, 0.2) is 0 Å². The van der Waals surface area contributed by atoms with Gasteiger partial charge in [-0.1, -0.05) is 18.6 Å². The number of hydrogen-bond donors (Lipinski definition) is 1. The molecule has 0 aromatic rings. The molecule has 0 bridgehead atoms. The number of rotatable bonds is 4. The van der Waals surface area contributed by atoms with Crippen LogP contribution in [0.3, 0.4) is 0 Å². The van der Waals surface area contributed by atoms with Crippen LogP contribution in [-0.2, 0) is 4.79 Å². The summed E-state index contributed by atoms with van der Waals surface area (Å²) in [4.78, 5) is 11.1. The molecule has 0 aromatic carbocycles. The average molecular weight is 170 g/mol. The van der Waals surface area contributed by atoms with E-state index in [2.05, 4.69) is 0 Å². The highest BCUT2D eigenvalue weighted by atomic mass is 16.3. The fraction of sp³-hybridized carbons (Fsp3) is 0.700. The molecule has 0 aliphatic heterocycles. The van der Waals surface area contributed by atoms with Crippen molar-refractivity contribution in [3.63, 3.8) is 0 Å². The molecule has 0 rings (SSSR count). The SMILES string of the molecule is CC(=O)C(C)(CO)CC=C(C)C. The largest absolute Gasteiger partial charge is 0.395 e. The van der Waals surface area contributed by atoms with E-state index in [9.17, 15) is 4.79 Å². The lowest BCUT2D eigenvalue weighted by Gasteiger charge is -2.22. The van der Waals surface area contributed by atoms with Gasteiger partial charge in [0.1, 0.15) is 5.78 Å². The van der Waals surface area contributed by atoms with E-state index in [-0.39, 0.29) is 12.4 Å². The van der Waals surface area contributed by atoms with Crippen molar-refractivity contribution in [2.75, 3.05) is 6.61 Å². The Kier molecular flexibility index (Phi) is 4.18. The molecule has 0 amide bonds.